The molecule has 0 aromatic heterocycles. The predicted octanol–water partition coefficient (Wildman–Crippen LogP) is 3.14. The van der Waals surface area contributed by atoms with Crippen LogP contribution in [0.3, 0.4) is 0 Å². The average Bonchev–Trinajstić information content (AvgIpc) is 3.25. The highest BCUT2D eigenvalue weighted by atomic mass is 16.7. The highest BCUT2D eigenvalue weighted by Crippen LogP contribution is 2.43. The van der Waals surface area contributed by atoms with Crippen LogP contribution in [0.1, 0.15) is 48.0 Å². The Morgan fingerprint density at radius 2 is 1.70 bits per heavy atom. The van der Waals surface area contributed by atoms with E-state index in [1.54, 1.807) is 12.1 Å². The number of nitrogens with one attached hydrogen (secondary N) is 2. The molecule has 2 amide bonds. The van der Waals surface area contributed by atoms with E-state index in [2.05, 4.69) is 10.9 Å². The van der Waals surface area contributed by atoms with E-state index in [9.17, 15) is 9.59 Å². The first-order chi connectivity index (χ1) is 14.5. The Bertz CT molecular complexity index is 951. The number of hydrazine groups is 1. The van der Waals surface area contributed by atoms with E-state index >= 15 is 0 Å². The molecule has 0 bridgehead atoms. The van der Waals surface area contributed by atoms with Gasteiger partial charge in [0.25, 0.3) is 5.91 Å². The van der Waals surface area contributed by atoms with E-state index in [1.165, 1.54) is 0 Å². The molecule has 30 heavy (non-hydrogen) atoms. The molecule has 7 heteroatoms. The van der Waals surface area contributed by atoms with Gasteiger partial charge in [0.15, 0.2) is 11.5 Å². The normalized spacial score (nSPS) is 16.6. The number of amides is 2. The Morgan fingerprint density at radius 1 is 0.933 bits per heavy atom. The van der Waals surface area contributed by atoms with E-state index in [0.717, 1.165) is 43.4 Å². The Kier molecular flexibility index (Phi) is 5.53. The lowest BCUT2D eigenvalue weighted by atomic mass is 9.69. The first kappa shape index (κ1) is 20.1. The first-order valence-corrected chi connectivity index (χ1v) is 10.3. The molecule has 0 radical (unpaired) electrons. The Morgan fingerprint density at radius 3 is 2.47 bits per heavy atom. The lowest BCUT2D eigenvalue weighted by Crippen LogP contribution is -2.52. The highest BCUT2D eigenvalue weighted by Gasteiger charge is 2.42. The number of anilines is 1. The van der Waals surface area contributed by atoms with Crippen LogP contribution in [-0.2, 0) is 10.2 Å². The van der Waals surface area contributed by atoms with E-state index < -0.39 is 5.41 Å². The molecule has 0 saturated heterocycles. The third-order valence-corrected chi connectivity index (χ3v) is 5.98. The zero-order valence-corrected chi connectivity index (χ0v) is 17.4. The van der Waals surface area contributed by atoms with E-state index in [4.69, 9.17) is 9.47 Å². The maximum Gasteiger partial charge on any atom is 0.269 e. The number of rotatable bonds is 4. The second kappa shape index (κ2) is 8.26. The van der Waals surface area contributed by atoms with Gasteiger partial charge in [0, 0.05) is 25.3 Å². The zero-order valence-electron chi connectivity index (χ0n) is 17.4. The van der Waals surface area contributed by atoms with Crippen LogP contribution in [0.2, 0.25) is 0 Å². The predicted molar refractivity (Wildman–Crippen MR) is 114 cm³/mol. The number of hydrogen-bond donors (Lipinski definition) is 2. The molecule has 158 valence electrons. The van der Waals surface area contributed by atoms with Crippen molar-refractivity contribution < 1.29 is 19.1 Å². The number of fused-ring (bicyclic) bond motifs is 1. The lowest BCUT2D eigenvalue weighted by molar-refractivity contribution is -0.128. The first-order valence-electron chi connectivity index (χ1n) is 10.3. The number of hydrogen-bond acceptors (Lipinski definition) is 5. The van der Waals surface area contributed by atoms with Crippen LogP contribution in [0.15, 0.2) is 42.5 Å². The fourth-order valence-electron chi connectivity index (χ4n) is 4.23. The second-order valence-electron chi connectivity index (χ2n) is 8.06. The molecule has 0 spiro atoms. The molecule has 2 aromatic carbocycles. The number of carbonyl (C=O) groups excluding carboxylic acids is 2. The van der Waals surface area contributed by atoms with Gasteiger partial charge in [-0.3, -0.25) is 20.4 Å². The van der Waals surface area contributed by atoms with Crippen molar-refractivity contribution in [2.45, 2.75) is 37.5 Å². The summed E-state index contributed by atoms with van der Waals surface area (Å²) in [7, 11) is 3.83. The monoisotopic (exact) mass is 409 g/mol. The van der Waals surface area contributed by atoms with Crippen molar-refractivity contribution in [3.63, 3.8) is 0 Å². The van der Waals surface area contributed by atoms with E-state index in [1.807, 2.05) is 49.3 Å². The van der Waals surface area contributed by atoms with Gasteiger partial charge in [-0.05, 0) is 48.7 Å². The maximum absolute atomic E-state index is 13.3. The molecule has 1 aliphatic carbocycles. The molecular formula is C23H27N3O4. The third kappa shape index (κ3) is 3.79. The van der Waals surface area contributed by atoms with Crippen molar-refractivity contribution in [1.82, 2.24) is 10.9 Å². The van der Waals surface area contributed by atoms with Gasteiger partial charge in [0.05, 0.1) is 5.41 Å². The van der Waals surface area contributed by atoms with Crippen molar-refractivity contribution in [3.8, 4) is 11.5 Å². The van der Waals surface area contributed by atoms with Crippen LogP contribution in [0.25, 0.3) is 0 Å². The smallest absolute Gasteiger partial charge is 0.269 e. The molecule has 4 rings (SSSR count). The van der Waals surface area contributed by atoms with Crippen LogP contribution < -0.4 is 25.2 Å². The van der Waals surface area contributed by atoms with Crippen molar-refractivity contribution in [2.75, 3.05) is 25.8 Å². The Balaban J connectivity index is 1.52. The summed E-state index contributed by atoms with van der Waals surface area (Å²) < 4.78 is 10.9. The van der Waals surface area contributed by atoms with Crippen LogP contribution in [0.4, 0.5) is 5.69 Å². The molecular weight excluding hydrogens is 382 g/mol. The summed E-state index contributed by atoms with van der Waals surface area (Å²) in [5, 5.41) is 0. The zero-order chi connectivity index (χ0) is 21.1. The summed E-state index contributed by atoms with van der Waals surface area (Å²) in [4.78, 5) is 27.9. The second-order valence-corrected chi connectivity index (χ2v) is 8.06. The van der Waals surface area contributed by atoms with Crippen molar-refractivity contribution in [2.24, 2.45) is 0 Å². The van der Waals surface area contributed by atoms with Crippen molar-refractivity contribution in [1.29, 1.82) is 0 Å². The SMILES string of the molecule is CN(C)c1cccc(C(=O)NNC(=O)C2(c3ccc4c(c3)OCO4)CCCCC2)c1. The maximum atomic E-state index is 13.3. The summed E-state index contributed by atoms with van der Waals surface area (Å²) in [5.41, 5.74) is 6.88. The molecule has 1 fully saturated rings. The quantitative estimate of drug-likeness (QED) is 0.759. The Labute approximate surface area is 176 Å². The molecule has 1 saturated carbocycles. The van der Waals surface area contributed by atoms with Gasteiger partial charge in [-0.15, -0.1) is 0 Å². The van der Waals surface area contributed by atoms with Gasteiger partial charge in [-0.1, -0.05) is 31.4 Å². The summed E-state index contributed by atoms with van der Waals surface area (Å²) in [6.45, 7) is 0.194. The number of carbonyl (C=O) groups is 2. The van der Waals surface area contributed by atoms with Crippen molar-refractivity contribution >= 4 is 17.5 Å². The van der Waals surface area contributed by atoms with Gasteiger partial charge < -0.3 is 14.4 Å². The number of ether oxygens (including phenoxy) is 2. The summed E-state index contributed by atoms with van der Waals surface area (Å²) in [5.74, 6) is 0.816. The van der Waals surface area contributed by atoms with Gasteiger partial charge >= 0.3 is 0 Å². The van der Waals surface area contributed by atoms with Gasteiger partial charge in [-0.25, -0.2) is 0 Å². The van der Waals surface area contributed by atoms with Crippen LogP contribution in [0.5, 0.6) is 11.5 Å². The summed E-state index contributed by atoms with van der Waals surface area (Å²) >= 11 is 0. The molecule has 1 heterocycles. The Hall–Kier alpha value is -3.22. The minimum atomic E-state index is -0.696. The van der Waals surface area contributed by atoms with Crippen LogP contribution >= 0.6 is 0 Å². The molecule has 7 nitrogen and oxygen atoms in total. The van der Waals surface area contributed by atoms with Crippen LogP contribution in [-0.4, -0.2) is 32.7 Å². The summed E-state index contributed by atoms with van der Waals surface area (Å²) in [6.07, 6.45) is 4.47. The van der Waals surface area contributed by atoms with Gasteiger partial charge in [-0.2, -0.15) is 0 Å². The fourth-order valence-corrected chi connectivity index (χ4v) is 4.23. The molecule has 2 N–H and O–H groups in total. The largest absolute Gasteiger partial charge is 0.454 e. The minimum Gasteiger partial charge on any atom is -0.454 e. The molecule has 1 aliphatic heterocycles. The van der Waals surface area contributed by atoms with Gasteiger partial charge in [0.1, 0.15) is 0 Å². The van der Waals surface area contributed by atoms with Crippen molar-refractivity contribution in [3.05, 3.63) is 53.6 Å². The van der Waals surface area contributed by atoms with Crippen LogP contribution in [0, 0.1) is 0 Å². The van der Waals surface area contributed by atoms with Gasteiger partial charge in [0.2, 0.25) is 12.7 Å². The molecule has 0 atom stereocenters. The minimum absolute atomic E-state index is 0.194. The van der Waals surface area contributed by atoms with E-state index in [0.29, 0.717) is 17.1 Å². The average molecular weight is 409 g/mol. The third-order valence-electron chi connectivity index (χ3n) is 5.98. The van der Waals surface area contributed by atoms with E-state index in [-0.39, 0.29) is 18.6 Å². The molecule has 0 unspecified atom stereocenters. The highest BCUT2D eigenvalue weighted by molar-refractivity contribution is 5.97. The topological polar surface area (TPSA) is 79.9 Å². The molecule has 2 aliphatic rings. The fraction of sp³-hybridized carbons (Fsp3) is 0.391. The lowest BCUT2D eigenvalue weighted by Gasteiger charge is -2.36. The summed E-state index contributed by atoms with van der Waals surface area (Å²) in [6, 6.07) is 12.9. The number of benzene rings is 2. The standard InChI is InChI=1S/C23H27N3O4/c1-26(2)18-8-6-7-16(13-18)21(27)24-25-22(28)23(11-4-3-5-12-23)17-9-10-19-20(14-17)30-15-29-19/h6-10,13-14H,3-5,11-12,15H2,1-2H3,(H,24,27)(H,25,28). The number of nitrogens with zero attached hydrogens (tertiary/aromatic N) is 1. The molecule has 2 aromatic rings.